The van der Waals surface area contributed by atoms with Crippen molar-refractivity contribution < 1.29 is 9.53 Å². The molecule has 2 rings (SSSR count). The number of nitrogens with zero attached hydrogens (tertiary/aromatic N) is 4. The smallest absolute Gasteiger partial charge is 0.245 e. The highest BCUT2D eigenvalue weighted by Crippen LogP contribution is 2.22. The van der Waals surface area contributed by atoms with Crippen LogP contribution in [0.4, 0.5) is 5.95 Å². The molecule has 0 atom stereocenters. The maximum absolute atomic E-state index is 10.7. The van der Waals surface area contributed by atoms with Crippen molar-refractivity contribution in [3.8, 4) is 5.88 Å². The number of nitrogen functional groups attached to an aromatic ring is 1. The van der Waals surface area contributed by atoms with E-state index >= 15 is 0 Å². The maximum atomic E-state index is 10.7. The molecular weight excluding hydrogens is 236 g/mol. The molecule has 0 aromatic carbocycles. The van der Waals surface area contributed by atoms with E-state index in [1.807, 2.05) is 0 Å². The standard InChI is InChI=1S/C10H14N6O2/c1-18-9-7-8(13-5-14-9)16(10(12)15-7)4-2-3-6(11)17/h5H,2-4H2,1H3,(H2,11,17)(H2,12,15). The van der Waals surface area contributed by atoms with Crippen LogP contribution in [0.15, 0.2) is 6.33 Å². The average Bonchev–Trinajstić information content (AvgIpc) is 2.65. The molecule has 2 aromatic rings. The third-order valence-corrected chi connectivity index (χ3v) is 2.53. The van der Waals surface area contributed by atoms with Crippen LogP contribution in [-0.4, -0.2) is 32.5 Å². The lowest BCUT2D eigenvalue weighted by Gasteiger charge is -2.04. The minimum atomic E-state index is -0.342. The SMILES string of the molecule is COc1ncnc2c1nc(N)n2CCCC(N)=O. The van der Waals surface area contributed by atoms with Gasteiger partial charge in [0.1, 0.15) is 6.33 Å². The second-order valence-corrected chi connectivity index (χ2v) is 3.75. The topological polar surface area (TPSA) is 122 Å². The summed E-state index contributed by atoms with van der Waals surface area (Å²) in [4.78, 5) is 22.9. The van der Waals surface area contributed by atoms with Crippen LogP contribution in [0.25, 0.3) is 11.2 Å². The number of carbonyl (C=O) groups is 1. The number of rotatable bonds is 5. The molecule has 1 amide bonds. The Bertz CT molecular complexity index is 579. The van der Waals surface area contributed by atoms with Gasteiger partial charge >= 0.3 is 0 Å². The molecular formula is C10H14N6O2. The molecule has 0 saturated carbocycles. The van der Waals surface area contributed by atoms with Gasteiger partial charge in [-0.2, -0.15) is 4.98 Å². The second-order valence-electron chi connectivity index (χ2n) is 3.75. The molecule has 2 heterocycles. The van der Waals surface area contributed by atoms with Crippen molar-refractivity contribution in [2.75, 3.05) is 12.8 Å². The molecule has 0 aliphatic carbocycles. The maximum Gasteiger partial charge on any atom is 0.245 e. The molecule has 96 valence electrons. The fourth-order valence-electron chi connectivity index (χ4n) is 1.71. The van der Waals surface area contributed by atoms with E-state index in [0.717, 1.165) is 0 Å². The minimum Gasteiger partial charge on any atom is -0.479 e. The van der Waals surface area contributed by atoms with Gasteiger partial charge in [0.15, 0.2) is 11.2 Å². The molecule has 0 spiro atoms. The summed E-state index contributed by atoms with van der Waals surface area (Å²) in [6, 6.07) is 0. The van der Waals surface area contributed by atoms with Gasteiger partial charge in [-0.3, -0.25) is 9.36 Å². The summed E-state index contributed by atoms with van der Waals surface area (Å²) in [5.41, 5.74) is 12.0. The van der Waals surface area contributed by atoms with Gasteiger partial charge < -0.3 is 16.2 Å². The Morgan fingerprint density at radius 1 is 1.50 bits per heavy atom. The number of ether oxygens (including phenoxy) is 1. The number of amides is 1. The Morgan fingerprint density at radius 2 is 2.28 bits per heavy atom. The monoisotopic (exact) mass is 250 g/mol. The summed E-state index contributed by atoms with van der Waals surface area (Å²) >= 11 is 0. The molecule has 18 heavy (non-hydrogen) atoms. The van der Waals surface area contributed by atoms with Gasteiger partial charge in [-0.05, 0) is 6.42 Å². The highest BCUT2D eigenvalue weighted by atomic mass is 16.5. The zero-order chi connectivity index (χ0) is 13.1. The van der Waals surface area contributed by atoms with E-state index in [4.69, 9.17) is 16.2 Å². The van der Waals surface area contributed by atoms with Crippen LogP contribution in [0.5, 0.6) is 5.88 Å². The molecule has 0 aliphatic rings. The summed E-state index contributed by atoms with van der Waals surface area (Å²) in [6.07, 6.45) is 2.26. The highest BCUT2D eigenvalue weighted by molar-refractivity contribution is 5.79. The molecule has 0 bridgehead atoms. The number of hydrogen-bond donors (Lipinski definition) is 2. The number of aromatic nitrogens is 4. The number of imidazole rings is 1. The fourth-order valence-corrected chi connectivity index (χ4v) is 1.71. The van der Waals surface area contributed by atoms with E-state index < -0.39 is 0 Å². The van der Waals surface area contributed by atoms with Crippen molar-refractivity contribution in [2.45, 2.75) is 19.4 Å². The Kier molecular flexibility index (Phi) is 3.26. The van der Waals surface area contributed by atoms with Gasteiger partial charge in [0.05, 0.1) is 7.11 Å². The normalized spacial score (nSPS) is 10.7. The van der Waals surface area contributed by atoms with Crippen molar-refractivity contribution in [2.24, 2.45) is 5.73 Å². The van der Waals surface area contributed by atoms with Gasteiger partial charge in [0.25, 0.3) is 0 Å². The lowest BCUT2D eigenvalue weighted by Crippen LogP contribution is -2.12. The van der Waals surface area contributed by atoms with Crippen molar-refractivity contribution in [3.05, 3.63) is 6.33 Å². The molecule has 4 N–H and O–H groups in total. The summed E-state index contributed by atoms with van der Waals surface area (Å²) in [7, 11) is 1.50. The Morgan fingerprint density at radius 3 is 2.94 bits per heavy atom. The van der Waals surface area contributed by atoms with Crippen molar-refractivity contribution in [1.82, 2.24) is 19.5 Å². The number of primary amides is 1. The number of methoxy groups -OCH3 is 1. The van der Waals surface area contributed by atoms with Gasteiger partial charge in [0, 0.05) is 13.0 Å². The molecule has 2 aromatic heterocycles. The number of fused-ring (bicyclic) bond motifs is 1. The molecule has 0 saturated heterocycles. The van der Waals surface area contributed by atoms with Crippen molar-refractivity contribution in [1.29, 1.82) is 0 Å². The molecule has 0 fully saturated rings. The summed E-state index contributed by atoms with van der Waals surface area (Å²) in [5.74, 6) is 0.346. The minimum absolute atomic E-state index is 0.293. The van der Waals surface area contributed by atoms with Crippen LogP contribution in [0, 0.1) is 0 Å². The first kappa shape index (κ1) is 12.1. The lowest BCUT2D eigenvalue weighted by atomic mass is 10.3. The van der Waals surface area contributed by atoms with E-state index in [1.165, 1.54) is 13.4 Å². The van der Waals surface area contributed by atoms with Gasteiger partial charge in [-0.15, -0.1) is 0 Å². The summed E-state index contributed by atoms with van der Waals surface area (Å²) in [6.45, 7) is 0.519. The quantitative estimate of drug-likeness (QED) is 0.750. The van der Waals surface area contributed by atoms with Crippen LogP contribution in [0.2, 0.25) is 0 Å². The Labute approximate surface area is 103 Å². The number of aryl methyl sites for hydroxylation is 1. The predicted octanol–water partition coefficient (Wildman–Crippen LogP) is -0.317. The molecule has 0 radical (unpaired) electrons. The van der Waals surface area contributed by atoms with E-state index in [2.05, 4.69) is 15.0 Å². The zero-order valence-electron chi connectivity index (χ0n) is 9.96. The third kappa shape index (κ3) is 2.17. The van der Waals surface area contributed by atoms with E-state index in [-0.39, 0.29) is 5.91 Å². The zero-order valence-corrected chi connectivity index (χ0v) is 9.96. The average molecular weight is 250 g/mol. The number of hydrogen-bond acceptors (Lipinski definition) is 6. The van der Waals surface area contributed by atoms with Crippen molar-refractivity contribution in [3.63, 3.8) is 0 Å². The van der Waals surface area contributed by atoms with E-state index in [1.54, 1.807) is 4.57 Å². The first-order valence-electron chi connectivity index (χ1n) is 5.42. The van der Waals surface area contributed by atoms with Crippen LogP contribution in [0.1, 0.15) is 12.8 Å². The summed E-state index contributed by atoms with van der Waals surface area (Å²) < 4.78 is 6.79. The van der Waals surface area contributed by atoms with Crippen LogP contribution in [-0.2, 0) is 11.3 Å². The van der Waals surface area contributed by atoms with Crippen LogP contribution < -0.4 is 16.2 Å². The summed E-state index contributed by atoms with van der Waals surface area (Å²) in [5, 5.41) is 0. The highest BCUT2D eigenvalue weighted by Gasteiger charge is 2.14. The van der Waals surface area contributed by atoms with Gasteiger partial charge in [-0.25, -0.2) is 9.97 Å². The molecule has 0 aliphatic heterocycles. The largest absolute Gasteiger partial charge is 0.479 e. The first-order chi connectivity index (χ1) is 8.63. The van der Waals surface area contributed by atoms with Crippen LogP contribution in [0.3, 0.4) is 0 Å². The lowest BCUT2D eigenvalue weighted by molar-refractivity contribution is -0.118. The number of anilines is 1. The second kappa shape index (κ2) is 4.86. The molecule has 8 heteroatoms. The third-order valence-electron chi connectivity index (χ3n) is 2.53. The number of carbonyl (C=O) groups excluding carboxylic acids is 1. The Balaban J connectivity index is 2.32. The Hall–Kier alpha value is -2.38. The van der Waals surface area contributed by atoms with Crippen molar-refractivity contribution >= 4 is 23.0 Å². The van der Waals surface area contributed by atoms with Gasteiger partial charge in [0.2, 0.25) is 17.7 Å². The fraction of sp³-hybridized carbons (Fsp3) is 0.400. The number of nitrogens with two attached hydrogens (primary N) is 2. The molecule has 8 nitrogen and oxygen atoms in total. The predicted molar refractivity (Wildman–Crippen MR) is 64.7 cm³/mol. The van der Waals surface area contributed by atoms with E-state index in [9.17, 15) is 4.79 Å². The van der Waals surface area contributed by atoms with Gasteiger partial charge in [-0.1, -0.05) is 0 Å². The van der Waals surface area contributed by atoms with E-state index in [0.29, 0.717) is 42.4 Å². The van der Waals surface area contributed by atoms with Crippen LogP contribution >= 0.6 is 0 Å². The first-order valence-corrected chi connectivity index (χ1v) is 5.42. The molecule has 0 unspecified atom stereocenters.